The van der Waals surface area contributed by atoms with Crippen molar-refractivity contribution in [3.8, 4) is 0 Å². The molecule has 0 saturated carbocycles. The van der Waals surface area contributed by atoms with Crippen LogP contribution in [-0.2, 0) is 4.43 Å². The maximum atomic E-state index is 5.87. The highest BCUT2D eigenvalue weighted by atomic mass is 127. The summed E-state index contributed by atoms with van der Waals surface area (Å²) in [5.74, 6) is 0.393. The molecule has 0 fully saturated rings. The Labute approximate surface area is 101 Å². The van der Waals surface area contributed by atoms with Crippen LogP contribution in [0.15, 0.2) is 24.3 Å². The first-order valence-electron chi connectivity index (χ1n) is 4.11. The zero-order valence-electron chi connectivity index (χ0n) is 7.30. The van der Waals surface area contributed by atoms with Crippen molar-refractivity contribution >= 4 is 50.9 Å². The molecule has 0 unspecified atom stereocenters. The van der Waals surface area contributed by atoms with Crippen molar-refractivity contribution in [2.24, 2.45) is 0 Å². The van der Waals surface area contributed by atoms with E-state index in [-0.39, 0.29) is 0 Å². The van der Waals surface area contributed by atoms with Crippen LogP contribution in [0.3, 0.4) is 0 Å². The normalized spacial score (nSPS) is 10.7. The van der Waals surface area contributed by atoms with Crippen molar-refractivity contribution in [2.75, 3.05) is 5.73 Å². The summed E-state index contributed by atoms with van der Waals surface area (Å²) >= 11 is 8.19. The van der Waals surface area contributed by atoms with Crippen LogP contribution in [0.4, 0.5) is 5.82 Å². The average molecular weight is 319 g/mol. The molecule has 0 saturated heterocycles. The SMILES string of the molecule is Nc1nc2cc(CI)ccc2cc1Cl. The number of alkyl halides is 1. The number of nitrogen functional groups attached to an aromatic ring is 1. The number of nitrogens with zero attached hydrogens (tertiary/aromatic N) is 1. The summed E-state index contributed by atoms with van der Waals surface area (Å²) < 4.78 is 0.970. The van der Waals surface area contributed by atoms with Gasteiger partial charge >= 0.3 is 0 Å². The van der Waals surface area contributed by atoms with Crippen LogP contribution >= 0.6 is 34.2 Å². The van der Waals surface area contributed by atoms with E-state index in [1.807, 2.05) is 18.2 Å². The second kappa shape index (κ2) is 3.90. The highest BCUT2D eigenvalue weighted by molar-refractivity contribution is 14.1. The van der Waals surface area contributed by atoms with Crippen molar-refractivity contribution in [3.05, 3.63) is 34.9 Å². The number of halogens is 2. The number of hydrogen-bond donors (Lipinski definition) is 1. The van der Waals surface area contributed by atoms with Crippen LogP contribution in [0.25, 0.3) is 10.9 Å². The molecular formula is C10H8ClIN2. The lowest BCUT2D eigenvalue weighted by molar-refractivity contribution is 1.39. The lowest BCUT2D eigenvalue weighted by Gasteiger charge is -2.02. The van der Waals surface area contributed by atoms with Gasteiger partial charge in [-0.1, -0.05) is 46.3 Å². The molecule has 0 aliphatic heterocycles. The quantitative estimate of drug-likeness (QED) is 0.646. The van der Waals surface area contributed by atoms with E-state index in [9.17, 15) is 0 Å². The van der Waals surface area contributed by atoms with Crippen LogP contribution in [0.1, 0.15) is 5.56 Å². The first-order valence-corrected chi connectivity index (χ1v) is 6.01. The summed E-state index contributed by atoms with van der Waals surface area (Å²) in [4.78, 5) is 4.23. The highest BCUT2D eigenvalue weighted by Crippen LogP contribution is 2.23. The molecule has 0 aliphatic carbocycles. The van der Waals surface area contributed by atoms with Gasteiger partial charge in [-0.15, -0.1) is 0 Å². The molecule has 1 aromatic carbocycles. The van der Waals surface area contributed by atoms with E-state index in [0.717, 1.165) is 15.3 Å². The smallest absolute Gasteiger partial charge is 0.142 e. The monoisotopic (exact) mass is 318 g/mol. The number of aromatic nitrogens is 1. The molecule has 0 bridgehead atoms. The number of anilines is 1. The van der Waals surface area contributed by atoms with Gasteiger partial charge in [-0.2, -0.15) is 0 Å². The Morgan fingerprint density at radius 3 is 2.86 bits per heavy atom. The molecule has 14 heavy (non-hydrogen) atoms. The zero-order valence-corrected chi connectivity index (χ0v) is 10.2. The van der Waals surface area contributed by atoms with Gasteiger partial charge < -0.3 is 5.73 Å². The van der Waals surface area contributed by atoms with E-state index >= 15 is 0 Å². The Morgan fingerprint density at radius 2 is 2.14 bits per heavy atom. The van der Waals surface area contributed by atoms with Crippen molar-refractivity contribution in [1.82, 2.24) is 4.98 Å². The van der Waals surface area contributed by atoms with E-state index in [1.54, 1.807) is 0 Å². The van der Waals surface area contributed by atoms with Crippen molar-refractivity contribution < 1.29 is 0 Å². The summed E-state index contributed by atoms with van der Waals surface area (Å²) in [6, 6.07) is 7.97. The van der Waals surface area contributed by atoms with Crippen LogP contribution < -0.4 is 5.73 Å². The molecule has 0 atom stereocenters. The summed E-state index contributed by atoms with van der Waals surface area (Å²) in [5.41, 5.74) is 7.78. The van der Waals surface area contributed by atoms with Gasteiger partial charge in [-0.05, 0) is 17.7 Å². The second-order valence-electron chi connectivity index (χ2n) is 3.02. The average Bonchev–Trinajstić information content (AvgIpc) is 2.19. The van der Waals surface area contributed by atoms with E-state index in [4.69, 9.17) is 17.3 Å². The van der Waals surface area contributed by atoms with Gasteiger partial charge in [-0.25, -0.2) is 4.98 Å². The largest absolute Gasteiger partial charge is 0.382 e. The second-order valence-corrected chi connectivity index (χ2v) is 4.19. The molecule has 2 aromatic rings. The van der Waals surface area contributed by atoms with Gasteiger partial charge in [0.15, 0.2) is 0 Å². The Bertz CT molecular complexity index is 485. The molecule has 0 amide bonds. The Hall–Kier alpha value is -0.550. The minimum absolute atomic E-state index is 0.393. The Kier molecular flexibility index (Phi) is 2.78. The third kappa shape index (κ3) is 1.79. The summed E-state index contributed by atoms with van der Waals surface area (Å²) in [7, 11) is 0. The van der Waals surface area contributed by atoms with Crippen LogP contribution in [-0.4, -0.2) is 4.98 Å². The maximum absolute atomic E-state index is 5.87. The van der Waals surface area contributed by atoms with E-state index in [1.165, 1.54) is 5.56 Å². The first-order chi connectivity index (χ1) is 6.70. The van der Waals surface area contributed by atoms with Crippen LogP contribution in [0, 0.1) is 0 Å². The molecule has 0 aliphatic rings. The highest BCUT2D eigenvalue weighted by Gasteiger charge is 2.02. The summed E-state index contributed by atoms with van der Waals surface area (Å²) in [6.45, 7) is 0. The van der Waals surface area contributed by atoms with Crippen molar-refractivity contribution in [2.45, 2.75) is 4.43 Å². The van der Waals surface area contributed by atoms with Crippen LogP contribution in [0.2, 0.25) is 5.02 Å². The fourth-order valence-corrected chi connectivity index (χ4v) is 1.92. The molecule has 0 spiro atoms. The number of nitrogens with two attached hydrogens (primary N) is 1. The predicted octanol–water partition coefficient (Wildman–Crippen LogP) is 3.41. The van der Waals surface area contributed by atoms with Gasteiger partial charge in [0.2, 0.25) is 0 Å². The van der Waals surface area contributed by atoms with Gasteiger partial charge in [0.25, 0.3) is 0 Å². The number of hydrogen-bond acceptors (Lipinski definition) is 2. The van der Waals surface area contributed by atoms with Gasteiger partial charge in [-0.3, -0.25) is 0 Å². The Morgan fingerprint density at radius 1 is 1.36 bits per heavy atom. The number of fused-ring (bicyclic) bond motifs is 1. The summed E-state index contributed by atoms with van der Waals surface area (Å²) in [6.07, 6.45) is 0. The molecule has 2 rings (SSSR count). The molecule has 0 radical (unpaired) electrons. The van der Waals surface area contributed by atoms with Gasteiger partial charge in [0, 0.05) is 9.81 Å². The standard InChI is InChI=1S/C10H8ClIN2/c11-8-4-7-2-1-6(5-12)3-9(7)14-10(8)13/h1-4H,5H2,(H2,13,14). The molecule has 72 valence electrons. The molecule has 1 heterocycles. The van der Waals surface area contributed by atoms with Crippen LogP contribution in [0.5, 0.6) is 0 Å². The minimum atomic E-state index is 0.393. The molecular weight excluding hydrogens is 310 g/mol. The Balaban J connectivity index is 2.70. The number of pyridine rings is 1. The van der Waals surface area contributed by atoms with E-state index in [0.29, 0.717) is 10.8 Å². The third-order valence-corrected chi connectivity index (χ3v) is 3.20. The molecule has 2 nitrogen and oxygen atoms in total. The predicted molar refractivity (Wildman–Crippen MR) is 68.9 cm³/mol. The van der Waals surface area contributed by atoms with E-state index in [2.05, 4.69) is 33.6 Å². The fourth-order valence-electron chi connectivity index (χ4n) is 1.28. The number of rotatable bonds is 1. The first kappa shape index (κ1) is 9.98. The van der Waals surface area contributed by atoms with Gasteiger partial charge in [0.1, 0.15) is 5.82 Å². The molecule has 2 N–H and O–H groups in total. The van der Waals surface area contributed by atoms with Gasteiger partial charge in [0.05, 0.1) is 10.5 Å². The lowest BCUT2D eigenvalue weighted by atomic mass is 10.1. The third-order valence-electron chi connectivity index (χ3n) is 2.02. The summed E-state index contributed by atoms with van der Waals surface area (Å²) in [5, 5.41) is 1.54. The lowest BCUT2D eigenvalue weighted by Crippen LogP contribution is -1.92. The molecule has 4 heteroatoms. The van der Waals surface area contributed by atoms with E-state index < -0.39 is 0 Å². The number of benzene rings is 1. The zero-order chi connectivity index (χ0) is 10.1. The van der Waals surface area contributed by atoms with Crippen molar-refractivity contribution in [3.63, 3.8) is 0 Å². The minimum Gasteiger partial charge on any atom is -0.382 e. The van der Waals surface area contributed by atoms with Crippen molar-refractivity contribution in [1.29, 1.82) is 0 Å². The maximum Gasteiger partial charge on any atom is 0.142 e. The topological polar surface area (TPSA) is 38.9 Å². The fraction of sp³-hybridized carbons (Fsp3) is 0.100. The molecule has 1 aromatic heterocycles.